The van der Waals surface area contributed by atoms with Crippen LogP contribution in [-0.2, 0) is 19.1 Å². The molecule has 9 nitrogen and oxygen atoms in total. The van der Waals surface area contributed by atoms with Crippen LogP contribution in [0, 0.1) is 5.92 Å². The molecule has 2 aliphatic rings. The van der Waals surface area contributed by atoms with Crippen LogP contribution >= 0.6 is 0 Å². The summed E-state index contributed by atoms with van der Waals surface area (Å²) in [7, 11) is 4.43. The minimum Gasteiger partial charge on any atom is -0.493 e. The molecule has 2 amide bonds. The van der Waals surface area contributed by atoms with Gasteiger partial charge in [-0.15, -0.1) is 0 Å². The summed E-state index contributed by atoms with van der Waals surface area (Å²) in [6, 6.07) is 2.56. The van der Waals surface area contributed by atoms with Gasteiger partial charge in [-0.1, -0.05) is 0 Å². The largest absolute Gasteiger partial charge is 0.493 e. The van der Waals surface area contributed by atoms with Crippen LogP contribution in [-0.4, -0.2) is 69.8 Å². The van der Waals surface area contributed by atoms with E-state index in [0.29, 0.717) is 42.6 Å². The van der Waals surface area contributed by atoms with Crippen LogP contribution in [0.25, 0.3) is 0 Å². The van der Waals surface area contributed by atoms with E-state index in [2.05, 4.69) is 0 Å². The summed E-state index contributed by atoms with van der Waals surface area (Å²) in [5.41, 5.74) is 0.362. The van der Waals surface area contributed by atoms with Crippen LogP contribution in [0.5, 0.6) is 17.2 Å². The van der Waals surface area contributed by atoms with Gasteiger partial charge < -0.3 is 18.9 Å². The standard InChI is InChI=1S/C21H28N2O7/c1-5-30-21(26)13-7-6-8-22(12-13)15-11-18(24)23(20(15)25)14-9-16(27-2)19(29-4)17(10-14)28-3/h9-10,13,15H,5-8,11-12H2,1-4H3/t13-,15-/m1/s1. The number of benzene rings is 1. The summed E-state index contributed by atoms with van der Waals surface area (Å²) in [5, 5.41) is 0. The number of nitrogens with zero attached hydrogens (tertiary/aromatic N) is 2. The number of imide groups is 1. The Labute approximate surface area is 175 Å². The quantitative estimate of drug-likeness (QED) is 0.485. The van der Waals surface area contributed by atoms with Crippen molar-refractivity contribution in [3.8, 4) is 17.2 Å². The van der Waals surface area contributed by atoms with Gasteiger partial charge in [0.05, 0.1) is 52.0 Å². The smallest absolute Gasteiger partial charge is 0.310 e. The highest BCUT2D eigenvalue weighted by Gasteiger charge is 2.45. The monoisotopic (exact) mass is 420 g/mol. The van der Waals surface area contributed by atoms with E-state index in [0.717, 1.165) is 17.7 Å². The van der Waals surface area contributed by atoms with Crippen molar-refractivity contribution in [2.45, 2.75) is 32.2 Å². The molecule has 0 aliphatic carbocycles. The number of rotatable bonds is 7. The molecule has 2 saturated heterocycles. The van der Waals surface area contributed by atoms with Crippen molar-refractivity contribution in [1.82, 2.24) is 4.90 Å². The molecule has 0 N–H and O–H groups in total. The minimum atomic E-state index is -0.603. The third kappa shape index (κ3) is 4.07. The van der Waals surface area contributed by atoms with Crippen LogP contribution in [0.3, 0.4) is 0 Å². The van der Waals surface area contributed by atoms with E-state index < -0.39 is 6.04 Å². The summed E-state index contributed by atoms with van der Waals surface area (Å²) < 4.78 is 21.1. The first kappa shape index (κ1) is 21.9. The number of carbonyl (C=O) groups is 3. The summed E-state index contributed by atoms with van der Waals surface area (Å²) in [4.78, 5) is 41.2. The Morgan fingerprint density at radius 3 is 2.33 bits per heavy atom. The predicted octanol–water partition coefficient (Wildman–Crippen LogP) is 1.62. The lowest BCUT2D eigenvalue weighted by atomic mass is 9.96. The van der Waals surface area contributed by atoms with Crippen molar-refractivity contribution < 1.29 is 33.3 Å². The number of carbonyl (C=O) groups excluding carboxylic acids is 3. The molecule has 9 heteroatoms. The zero-order valence-corrected chi connectivity index (χ0v) is 17.8. The number of hydrogen-bond acceptors (Lipinski definition) is 8. The second kappa shape index (κ2) is 9.34. The van der Waals surface area contributed by atoms with E-state index >= 15 is 0 Å². The van der Waals surface area contributed by atoms with E-state index in [1.807, 2.05) is 4.90 Å². The van der Waals surface area contributed by atoms with E-state index in [1.165, 1.54) is 21.3 Å². The third-order valence-corrected chi connectivity index (χ3v) is 5.54. The van der Waals surface area contributed by atoms with Crippen molar-refractivity contribution in [2.24, 2.45) is 5.92 Å². The van der Waals surface area contributed by atoms with Gasteiger partial charge in [0, 0.05) is 18.7 Å². The van der Waals surface area contributed by atoms with Gasteiger partial charge in [0.25, 0.3) is 5.91 Å². The molecule has 0 radical (unpaired) electrons. The molecule has 1 aromatic rings. The number of piperidine rings is 1. The van der Waals surface area contributed by atoms with Gasteiger partial charge in [-0.3, -0.25) is 19.3 Å². The average Bonchev–Trinajstić information content (AvgIpc) is 3.06. The van der Waals surface area contributed by atoms with Crippen molar-refractivity contribution in [2.75, 3.05) is 45.9 Å². The lowest BCUT2D eigenvalue weighted by Crippen LogP contribution is -2.48. The van der Waals surface area contributed by atoms with Gasteiger partial charge in [-0.2, -0.15) is 0 Å². The van der Waals surface area contributed by atoms with Crippen LogP contribution in [0.2, 0.25) is 0 Å². The van der Waals surface area contributed by atoms with Gasteiger partial charge >= 0.3 is 5.97 Å². The number of methoxy groups -OCH3 is 3. The maximum Gasteiger partial charge on any atom is 0.310 e. The maximum atomic E-state index is 13.2. The van der Waals surface area contributed by atoms with Gasteiger partial charge in [0.1, 0.15) is 0 Å². The highest BCUT2D eigenvalue weighted by molar-refractivity contribution is 6.22. The molecule has 0 aromatic heterocycles. The SMILES string of the molecule is CCOC(=O)[C@@H]1CCCN([C@@H]2CC(=O)N(c3cc(OC)c(OC)c(OC)c3)C2=O)C1. The fourth-order valence-electron chi connectivity index (χ4n) is 4.11. The molecule has 1 aromatic carbocycles. The Bertz CT molecular complexity index is 801. The van der Waals surface area contributed by atoms with Gasteiger partial charge in [-0.25, -0.2) is 4.90 Å². The number of anilines is 1. The Hall–Kier alpha value is -2.81. The highest BCUT2D eigenvalue weighted by Crippen LogP contribution is 2.42. The lowest BCUT2D eigenvalue weighted by molar-refractivity contribution is -0.150. The summed E-state index contributed by atoms with van der Waals surface area (Å²) in [6.07, 6.45) is 1.55. The second-order valence-electron chi connectivity index (χ2n) is 7.26. The summed E-state index contributed by atoms with van der Waals surface area (Å²) in [5.74, 6) is -0.0613. The lowest BCUT2D eigenvalue weighted by Gasteiger charge is -2.34. The first-order valence-corrected chi connectivity index (χ1v) is 10.0. The topological polar surface area (TPSA) is 94.6 Å². The molecule has 2 heterocycles. The first-order valence-electron chi connectivity index (χ1n) is 10.0. The summed E-state index contributed by atoms with van der Waals surface area (Å²) >= 11 is 0. The number of amides is 2. The Morgan fingerprint density at radius 1 is 1.10 bits per heavy atom. The molecule has 0 saturated carbocycles. The Balaban J connectivity index is 1.84. The van der Waals surface area contributed by atoms with Crippen LogP contribution in [0.4, 0.5) is 5.69 Å². The molecular formula is C21H28N2O7. The first-order chi connectivity index (χ1) is 14.4. The van der Waals surface area contributed by atoms with Gasteiger partial charge in [0.15, 0.2) is 11.5 Å². The minimum absolute atomic E-state index is 0.0606. The predicted molar refractivity (Wildman–Crippen MR) is 108 cm³/mol. The Kier molecular flexibility index (Phi) is 6.81. The van der Waals surface area contributed by atoms with Crippen LogP contribution in [0.1, 0.15) is 26.2 Å². The van der Waals surface area contributed by atoms with E-state index in [1.54, 1.807) is 19.1 Å². The van der Waals surface area contributed by atoms with Crippen LogP contribution in [0.15, 0.2) is 12.1 Å². The molecule has 3 rings (SSSR count). The van der Waals surface area contributed by atoms with E-state index in [4.69, 9.17) is 18.9 Å². The zero-order valence-electron chi connectivity index (χ0n) is 17.8. The fraction of sp³-hybridized carbons (Fsp3) is 0.571. The van der Waals surface area contributed by atoms with Gasteiger partial charge in [0.2, 0.25) is 11.7 Å². The number of esters is 1. The zero-order chi connectivity index (χ0) is 21.8. The molecule has 0 bridgehead atoms. The van der Waals surface area contributed by atoms with Crippen LogP contribution < -0.4 is 19.1 Å². The number of ether oxygens (including phenoxy) is 4. The van der Waals surface area contributed by atoms with E-state index in [-0.39, 0.29) is 30.1 Å². The molecule has 0 spiro atoms. The molecule has 30 heavy (non-hydrogen) atoms. The van der Waals surface area contributed by atoms with Crippen molar-refractivity contribution in [3.63, 3.8) is 0 Å². The average molecular weight is 420 g/mol. The normalized spacial score (nSPS) is 22.2. The van der Waals surface area contributed by atoms with E-state index in [9.17, 15) is 14.4 Å². The molecule has 2 aliphatic heterocycles. The molecule has 2 atom stereocenters. The summed E-state index contributed by atoms with van der Waals surface area (Å²) in [6.45, 7) is 3.16. The second-order valence-corrected chi connectivity index (χ2v) is 7.26. The van der Waals surface area contributed by atoms with Gasteiger partial charge in [-0.05, 0) is 26.3 Å². The molecule has 0 unspecified atom stereocenters. The maximum absolute atomic E-state index is 13.2. The highest BCUT2D eigenvalue weighted by atomic mass is 16.5. The third-order valence-electron chi connectivity index (χ3n) is 5.54. The molecule has 2 fully saturated rings. The van der Waals surface area contributed by atoms with Crippen molar-refractivity contribution in [1.29, 1.82) is 0 Å². The Morgan fingerprint density at radius 2 is 1.77 bits per heavy atom. The number of likely N-dealkylation sites (tertiary alicyclic amines) is 1. The fourth-order valence-corrected chi connectivity index (χ4v) is 4.11. The van der Waals surface area contributed by atoms with Crippen molar-refractivity contribution in [3.05, 3.63) is 12.1 Å². The number of hydrogen-bond donors (Lipinski definition) is 0. The molecule has 164 valence electrons. The van der Waals surface area contributed by atoms with Crippen molar-refractivity contribution >= 4 is 23.5 Å². The molecular weight excluding hydrogens is 392 g/mol.